The zero-order chi connectivity index (χ0) is 13.1. The summed E-state index contributed by atoms with van der Waals surface area (Å²) in [5.74, 6) is 0.333. The van der Waals surface area contributed by atoms with Crippen molar-refractivity contribution < 1.29 is 4.39 Å². The molecule has 0 spiro atoms. The molecule has 0 aliphatic heterocycles. The third-order valence-electron chi connectivity index (χ3n) is 2.49. The Morgan fingerprint density at radius 1 is 1.17 bits per heavy atom. The second kappa shape index (κ2) is 5.55. The first kappa shape index (κ1) is 13.1. The van der Waals surface area contributed by atoms with Crippen molar-refractivity contribution in [3.05, 3.63) is 58.0 Å². The van der Waals surface area contributed by atoms with Gasteiger partial charge in [0.05, 0.1) is 0 Å². The van der Waals surface area contributed by atoms with Gasteiger partial charge in [0.1, 0.15) is 16.8 Å². The third kappa shape index (κ3) is 3.34. The molecule has 2 rings (SSSR count). The molecule has 1 aromatic carbocycles. The first-order chi connectivity index (χ1) is 8.54. The van der Waals surface area contributed by atoms with Crippen LogP contribution in [0.1, 0.15) is 18.5 Å². The summed E-state index contributed by atoms with van der Waals surface area (Å²) in [5.41, 5.74) is 0.953. The highest BCUT2D eigenvalue weighted by molar-refractivity contribution is 6.34. The van der Waals surface area contributed by atoms with E-state index in [-0.39, 0.29) is 11.9 Å². The summed E-state index contributed by atoms with van der Waals surface area (Å²) in [5, 5.41) is 4.00. The van der Waals surface area contributed by atoms with E-state index in [0.717, 1.165) is 5.56 Å². The zero-order valence-electron chi connectivity index (χ0n) is 9.62. The van der Waals surface area contributed by atoms with Crippen LogP contribution in [-0.2, 0) is 0 Å². The molecule has 0 aliphatic rings. The molecule has 5 heteroatoms. The number of benzene rings is 1. The molecule has 94 valence electrons. The normalized spacial score (nSPS) is 12.2. The maximum absolute atomic E-state index is 12.8. The number of anilines is 1. The van der Waals surface area contributed by atoms with Crippen molar-refractivity contribution in [1.82, 2.24) is 4.98 Å². The van der Waals surface area contributed by atoms with E-state index >= 15 is 0 Å². The van der Waals surface area contributed by atoms with Crippen LogP contribution in [0.4, 0.5) is 10.2 Å². The van der Waals surface area contributed by atoms with Crippen molar-refractivity contribution in [2.45, 2.75) is 13.0 Å². The second-order valence-electron chi connectivity index (χ2n) is 3.91. The summed E-state index contributed by atoms with van der Waals surface area (Å²) in [6, 6.07) is 9.52. The van der Waals surface area contributed by atoms with Crippen LogP contribution in [0.2, 0.25) is 10.2 Å². The van der Waals surface area contributed by atoms with Crippen molar-refractivity contribution in [2.24, 2.45) is 0 Å². The third-order valence-corrected chi connectivity index (χ3v) is 2.91. The Balaban J connectivity index is 2.15. The number of rotatable bonds is 3. The van der Waals surface area contributed by atoms with Crippen molar-refractivity contribution in [1.29, 1.82) is 0 Å². The van der Waals surface area contributed by atoms with Gasteiger partial charge in [0, 0.05) is 11.1 Å². The highest BCUT2D eigenvalue weighted by Gasteiger charge is 2.07. The summed E-state index contributed by atoms with van der Waals surface area (Å²) < 4.78 is 12.8. The first-order valence-electron chi connectivity index (χ1n) is 5.39. The predicted octanol–water partition coefficient (Wildman–Crippen LogP) is 4.70. The molecule has 1 unspecified atom stereocenters. The fourth-order valence-corrected chi connectivity index (χ4v) is 2.07. The summed E-state index contributed by atoms with van der Waals surface area (Å²) in [4.78, 5) is 4.11. The second-order valence-corrected chi connectivity index (χ2v) is 4.73. The van der Waals surface area contributed by atoms with Crippen LogP contribution in [0, 0.1) is 5.82 Å². The quantitative estimate of drug-likeness (QED) is 0.827. The highest BCUT2D eigenvalue weighted by atomic mass is 35.5. The van der Waals surface area contributed by atoms with E-state index in [1.165, 1.54) is 12.1 Å². The van der Waals surface area contributed by atoms with Crippen LogP contribution in [0.25, 0.3) is 0 Å². The molecule has 1 aromatic heterocycles. The maximum Gasteiger partial charge on any atom is 0.132 e. The van der Waals surface area contributed by atoms with Gasteiger partial charge in [-0.3, -0.25) is 0 Å². The van der Waals surface area contributed by atoms with Gasteiger partial charge in [-0.2, -0.15) is 0 Å². The lowest BCUT2D eigenvalue weighted by Gasteiger charge is -2.15. The monoisotopic (exact) mass is 284 g/mol. The van der Waals surface area contributed by atoms with E-state index < -0.39 is 0 Å². The SMILES string of the molecule is CC(Nc1cc(Cl)cc(Cl)n1)c1ccc(F)cc1. The molecule has 0 radical (unpaired) electrons. The molecule has 0 fully saturated rings. The molecular weight excluding hydrogens is 274 g/mol. The van der Waals surface area contributed by atoms with E-state index in [4.69, 9.17) is 23.2 Å². The molecule has 0 amide bonds. The van der Waals surface area contributed by atoms with Crippen LogP contribution >= 0.6 is 23.2 Å². The molecule has 0 bridgehead atoms. The lowest BCUT2D eigenvalue weighted by Crippen LogP contribution is -2.07. The van der Waals surface area contributed by atoms with Crippen LogP contribution in [0.3, 0.4) is 0 Å². The maximum atomic E-state index is 12.8. The predicted molar refractivity (Wildman–Crippen MR) is 72.7 cm³/mol. The molecule has 0 aliphatic carbocycles. The smallest absolute Gasteiger partial charge is 0.132 e. The molecule has 2 aromatic rings. The van der Waals surface area contributed by atoms with Gasteiger partial charge in [0.15, 0.2) is 0 Å². The molecule has 1 atom stereocenters. The Morgan fingerprint density at radius 3 is 2.44 bits per heavy atom. The van der Waals surface area contributed by atoms with Crippen molar-refractivity contribution in [3.63, 3.8) is 0 Å². The molecule has 1 N–H and O–H groups in total. The summed E-state index contributed by atoms with van der Waals surface area (Å²) in [7, 11) is 0. The minimum atomic E-state index is -0.255. The van der Waals surface area contributed by atoms with Crippen molar-refractivity contribution in [2.75, 3.05) is 5.32 Å². The molecule has 18 heavy (non-hydrogen) atoms. The van der Waals surface area contributed by atoms with Gasteiger partial charge < -0.3 is 5.32 Å². The van der Waals surface area contributed by atoms with E-state index in [2.05, 4.69) is 10.3 Å². The largest absolute Gasteiger partial charge is 0.363 e. The Labute approximate surface area is 115 Å². The Hall–Kier alpha value is -1.32. The number of hydrogen-bond acceptors (Lipinski definition) is 2. The average Bonchev–Trinajstić information content (AvgIpc) is 2.28. The van der Waals surface area contributed by atoms with Gasteiger partial charge in [0.25, 0.3) is 0 Å². The van der Waals surface area contributed by atoms with Crippen LogP contribution in [0.15, 0.2) is 36.4 Å². The Bertz CT molecular complexity index is 523. The molecule has 0 saturated heterocycles. The van der Waals surface area contributed by atoms with Gasteiger partial charge in [0.2, 0.25) is 0 Å². The minimum Gasteiger partial charge on any atom is -0.363 e. The standard InChI is InChI=1S/C13H11Cl2FN2/c1-8(9-2-4-11(16)5-3-9)17-13-7-10(14)6-12(15)18-13/h2-8H,1H3,(H,17,18). The lowest BCUT2D eigenvalue weighted by atomic mass is 10.1. The van der Waals surface area contributed by atoms with E-state index in [1.54, 1.807) is 24.3 Å². The van der Waals surface area contributed by atoms with Crippen LogP contribution in [0.5, 0.6) is 0 Å². The number of halogens is 3. The number of hydrogen-bond donors (Lipinski definition) is 1. The molecule has 2 nitrogen and oxygen atoms in total. The number of nitrogens with zero attached hydrogens (tertiary/aromatic N) is 1. The fourth-order valence-electron chi connectivity index (χ4n) is 1.60. The highest BCUT2D eigenvalue weighted by Crippen LogP contribution is 2.23. The van der Waals surface area contributed by atoms with Gasteiger partial charge in [-0.25, -0.2) is 9.37 Å². The zero-order valence-corrected chi connectivity index (χ0v) is 11.1. The minimum absolute atomic E-state index is 0.0207. The Kier molecular flexibility index (Phi) is 4.04. The van der Waals surface area contributed by atoms with Gasteiger partial charge >= 0.3 is 0 Å². The lowest BCUT2D eigenvalue weighted by molar-refractivity contribution is 0.626. The average molecular weight is 285 g/mol. The summed E-state index contributed by atoms with van der Waals surface area (Å²) in [6.45, 7) is 1.95. The van der Waals surface area contributed by atoms with Gasteiger partial charge in [-0.1, -0.05) is 35.3 Å². The molecule has 1 heterocycles. The Morgan fingerprint density at radius 2 is 1.83 bits per heavy atom. The number of aromatic nitrogens is 1. The summed E-state index contributed by atoms with van der Waals surface area (Å²) >= 11 is 11.7. The topological polar surface area (TPSA) is 24.9 Å². The van der Waals surface area contributed by atoms with Gasteiger partial charge in [-0.15, -0.1) is 0 Å². The number of nitrogens with one attached hydrogen (secondary N) is 1. The van der Waals surface area contributed by atoms with Gasteiger partial charge in [-0.05, 0) is 36.8 Å². The number of pyridine rings is 1. The van der Waals surface area contributed by atoms with Crippen LogP contribution in [-0.4, -0.2) is 4.98 Å². The van der Waals surface area contributed by atoms with E-state index in [9.17, 15) is 4.39 Å². The summed E-state index contributed by atoms with van der Waals surface area (Å²) in [6.07, 6.45) is 0. The fraction of sp³-hybridized carbons (Fsp3) is 0.154. The van der Waals surface area contributed by atoms with E-state index in [1.807, 2.05) is 6.92 Å². The van der Waals surface area contributed by atoms with Crippen molar-refractivity contribution >= 4 is 29.0 Å². The van der Waals surface area contributed by atoms with E-state index in [0.29, 0.717) is 16.0 Å². The van der Waals surface area contributed by atoms with Crippen molar-refractivity contribution in [3.8, 4) is 0 Å². The van der Waals surface area contributed by atoms with Crippen LogP contribution < -0.4 is 5.32 Å². The molecular formula is C13H11Cl2FN2. The molecule has 0 saturated carbocycles. The first-order valence-corrected chi connectivity index (χ1v) is 6.15.